The first-order chi connectivity index (χ1) is 27.2. The van der Waals surface area contributed by atoms with Crippen LogP contribution >= 0.6 is 0 Å². The Labute approximate surface area is 329 Å². The molecule has 0 saturated carbocycles. The van der Waals surface area contributed by atoms with Gasteiger partial charge in [0.05, 0.1) is 5.41 Å². The average Bonchev–Trinajstić information content (AvgIpc) is 3.77. The van der Waals surface area contributed by atoms with Crippen molar-refractivity contribution in [2.45, 2.75) is 56.8 Å². The Kier molecular flexibility index (Phi) is 7.05. The molecule has 6 aromatic carbocycles. The molecule has 56 heavy (non-hydrogen) atoms. The van der Waals surface area contributed by atoms with Crippen LogP contribution in [0.1, 0.15) is 73.9 Å². The van der Waals surface area contributed by atoms with Crippen LogP contribution in [0.15, 0.2) is 158 Å². The van der Waals surface area contributed by atoms with Gasteiger partial charge in [0.15, 0.2) is 17.5 Å². The summed E-state index contributed by atoms with van der Waals surface area (Å²) in [7, 11) is 0. The summed E-state index contributed by atoms with van der Waals surface area (Å²) in [4.78, 5) is 15.6. The van der Waals surface area contributed by atoms with Crippen LogP contribution < -0.4 is 0 Å². The molecule has 270 valence electrons. The molecule has 0 aliphatic heterocycles. The molecule has 3 nitrogen and oxygen atoms in total. The summed E-state index contributed by atoms with van der Waals surface area (Å²) in [5.41, 5.74) is 17.9. The van der Waals surface area contributed by atoms with Crippen molar-refractivity contribution in [1.29, 1.82) is 0 Å². The molecule has 4 aliphatic rings. The molecule has 0 radical (unpaired) electrons. The summed E-state index contributed by atoms with van der Waals surface area (Å²) in [6, 6.07) is 51.1. The molecule has 4 aliphatic carbocycles. The van der Waals surface area contributed by atoms with E-state index in [0.717, 1.165) is 29.5 Å². The number of benzene rings is 6. The Balaban J connectivity index is 1.05. The van der Waals surface area contributed by atoms with Crippen molar-refractivity contribution < 1.29 is 0 Å². The Morgan fingerprint density at radius 3 is 1.73 bits per heavy atom. The molecule has 0 saturated heterocycles. The normalized spacial score (nSPS) is 20.2. The SMILES string of the molecule is CC1(C)CC(C)(C)c2cc(-c3ccc(-c4nc(-c5ccccc5)nc(-c5ccc6c(c5)C5(c7ccccc7C7=CC=CCC75)c5ccccc5-6)n4)cc3)ccc21. The molecular weight excluding hydrogens is 679 g/mol. The highest BCUT2D eigenvalue weighted by atomic mass is 15.0. The number of rotatable bonds is 4. The Morgan fingerprint density at radius 1 is 0.446 bits per heavy atom. The minimum atomic E-state index is -0.300. The lowest BCUT2D eigenvalue weighted by molar-refractivity contribution is 0.403. The third kappa shape index (κ3) is 4.73. The standard InChI is InChI=1S/C53H43N3/c1-51(2)32-52(3,4)47-30-36(27-29-45(47)51)33-22-24-35(25-23-33)49-54-48(34-14-6-5-7-15-34)55-50(56-49)37-26-28-41-40-18-10-13-21-44(40)53(46(41)31-37)42-19-11-8-16-38(42)39-17-9-12-20-43(39)53/h5-19,21-31,43H,20,32H2,1-4H3. The molecule has 2 unspecified atom stereocenters. The van der Waals surface area contributed by atoms with E-state index in [1.54, 1.807) is 0 Å². The minimum Gasteiger partial charge on any atom is -0.208 e. The zero-order valence-electron chi connectivity index (χ0n) is 32.3. The van der Waals surface area contributed by atoms with Crippen molar-refractivity contribution in [1.82, 2.24) is 15.0 Å². The van der Waals surface area contributed by atoms with Crippen molar-refractivity contribution in [2.75, 3.05) is 0 Å². The van der Waals surface area contributed by atoms with Gasteiger partial charge in [-0.15, -0.1) is 0 Å². The monoisotopic (exact) mass is 721 g/mol. The van der Waals surface area contributed by atoms with Gasteiger partial charge in [-0.3, -0.25) is 0 Å². The second-order valence-corrected chi connectivity index (χ2v) is 17.5. The molecule has 11 rings (SSSR count). The minimum absolute atomic E-state index is 0.150. The first kappa shape index (κ1) is 33.2. The van der Waals surface area contributed by atoms with Gasteiger partial charge < -0.3 is 0 Å². The Bertz CT molecular complexity index is 2800. The molecular formula is C53H43N3. The average molecular weight is 722 g/mol. The molecule has 0 bridgehead atoms. The van der Waals surface area contributed by atoms with Crippen LogP contribution in [0.25, 0.3) is 62.0 Å². The van der Waals surface area contributed by atoms with Crippen molar-refractivity contribution in [3.8, 4) is 56.4 Å². The number of hydrogen-bond acceptors (Lipinski definition) is 3. The van der Waals surface area contributed by atoms with Gasteiger partial charge in [-0.25, -0.2) is 15.0 Å². The van der Waals surface area contributed by atoms with Crippen LogP contribution in [-0.2, 0) is 16.2 Å². The fourth-order valence-electron chi connectivity index (χ4n) is 11.0. The number of fused-ring (bicyclic) bond motifs is 11. The van der Waals surface area contributed by atoms with E-state index in [9.17, 15) is 0 Å². The van der Waals surface area contributed by atoms with E-state index in [2.05, 4.69) is 167 Å². The summed E-state index contributed by atoms with van der Waals surface area (Å²) >= 11 is 0. The molecule has 7 aromatic rings. The molecule has 0 N–H and O–H groups in total. The van der Waals surface area contributed by atoms with Gasteiger partial charge in [0, 0.05) is 22.6 Å². The molecule has 3 heteroatoms. The maximum absolute atomic E-state index is 5.25. The largest absolute Gasteiger partial charge is 0.208 e. The van der Waals surface area contributed by atoms with E-state index in [1.807, 2.05) is 18.2 Å². The van der Waals surface area contributed by atoms with Gasteiger partial charge in [0.1, 0.15) is 0 Å². The Morgan fingerprint density at radius 2 is 0.982 bits per heavy atom. The van der Waals surface area contributed by atoms with Gasteiger partial charge >= 0.3 is 0 Å². The number of allylic oxidation sites excluding steroid dienone is 4. The van der Waals surface area contributed by atoms with Crippen molar-refractivity contribution in [2.24, 2.45) is 5.92 Å². The molecule has 1 aromatic heterocycles. The fraction of sp³-hybridized carbons (Fsp3) is 0.189. The molecule has 0 fully saturated rings. The first-order valence-electron chi connectivity index (χ1n) is 20.0. The maximum atomic E-state index is 5.25. The van der Waals surface area contributed by atoms with Crippen molar-refractivity contribution in [3.05, 3.63) is 191 Å². The fourth-order valence-corrected chi connectivity index (χ4v) is 11.0. The summed E-state index contributed by atoms with van der Waals surface area (Å²) < 4.78 is 0. The summed E-state index contributed by atoms with van der Waals surface area (Å²) in [6.45, 7) is 9.50. The third-order valence-corrected chi connectivity index (χ3v) is 13.2. The highest BCUT2D eigenvalue weighted by Gasteiger charge is 2.56. The van der Waals surface area contributed by atoms with E-state index < -0.39 is 0 Å². The van der Waals surface area contributed by atoms with Gasteiger partial charge in [-0.05, 0) is 90.9 Å². The van der Waals surface area contributed by atoms with E-state index in [0.29, 0.717) is 23.4 Å². The third-order valence-electron chi connectivity index (χ3n) is 13.2. The van der Waals surface area contributed by atoms with Gasteiger partial charge in [-0.1, -0.05) is 179 Å². The van der Waals surface area contributed by atoms with E-state index in [1.165, 1.54) is 61.2 Å². The number of aromatic nitrogens is 3. The topological polar surface area (TPSA) is 38.7 Å². The highest BCUT2D eigenvalue weighted by molar-refractivity contribution is 5.93. The Hall–Kier alpha value is -6.19. The lowest BCUT2D eigenvalue weighted by atomic mass is 9.65. The van der Waals surface area contributed by atoms with Gasteiger partial charge in [-0.2, -0.15) is 0 Å². The van der Waals surface area contributed by atoms with Crippen LogP contribution in [-0.4, -0.2) is 15.0 Å². The smallest absolute Gasteiger partial charge is 0.164 e. The van der Waals surface area contributed by atoms with Gasteiger partial charge in [0.2, 0.25) is 0 Å². The van der Waals surface area contributed by atoms with Crippen molar-refractivity contribution in [3.63, 3.8) is 0 Å². The van der Waals surface area contributed by atoms with Crippen LogP contribution in [0.5, 0.6) is 0 Å². The van der Waals surface area contributed by atoms with Crippen LogP contribution in [0.2, 0.25) is 0 Å². The predicted octanol–water partition coefficient (Wildman–Crippen LogP) is 12.8. The zero-order chi connectivity index (χ0) is 37.8. The van der Waals surface area contributed by atoms with Crippen LogP contribution in [0, 0.1) is 5.92 Å². The lowest BCUT2D eigenvalue weighted by Gasteiger charge is -2.36. The maximum Gasteiger partial charge on any atom is 0.164 e. The van der Waals surface area contributed by atoms with Crippen LogP contribution in [0.3, 0.4) is 0 Å². The summed E-state index contributed by atoms with van der Waals surface area (Å²) in [5.74, 6) is 2.33. The lowest BCUT2D eigenvalue weighted by Crippen LogP contribution is -2.32. The number of hydrogen-bond donors (Lipinski definition) is 0. The van der Waals surface area contributed by atoms with Crippen molar-refractivity contribution >= 4 is 5.57 Å². The summed E-state index contributed by atoms with van der Waals surface area (Å²) in [6.07, 6.45) is 9.06. The second kappa shape index (κ2) is 11.9. The highest BCUT2D eigenvalue weighted by Crippen LogP contribution is 2.65. The summed E-state index contributed by atoms with van der Waals surface area (Å²) in [5, 5.41) is 0. The number of nitrogens with zero attached hydrogens (tertiary/aromatic N) is 3. The van der Waals surface area contributed by atoms with E-state index in [4.69, 9.17) is 15.0 Å². The molecule has 2 atom stereocenters. The van der Waals surface area contributed by atoms with E-state index in [-0.39, 0.29) is 16.2 Å². The first-order valence-corrected chi connectivity index (χ1v) is 20.0. The zero-order valence-corrected chi connectivity index (χ0v) is 32.3. The van der Waals surface area contributed by atoms with Gasteiger partial charge in [0.25, 0.3) is 0 Å². The predicted molar refractivity (Wildman–Crippen MR) is 229 cm³/mol. The quantitative estimate of drug-likeness (QED) is 0.182. The van der Waals surface area contributed by atoms with Crippen LogP contribution in [0.4, 0.5) is 0 Å². The molecule has 0 amide bonds. The molecule has 1 spiro atoms. The second-order valence-electron chi connectivity index (χ2n) is 17.5. The molecule has 1 heterocycles. The van der Waals surface area contributed by atoms with E-state index >= 15 is 0 Å².